The zero-order chi connectivity index (χ0) is 8.20. The summed E-state index contributed by atoms with van der Waals surface area (Å²) in [6.07, 6.45) is 0. The maximum atomic E-state index is 5.36. The van der Waals surface area contributed by atoms with Crippen LogP contribution in [0.4, 0.5) is 0 Å². The third-order valence-corrected chi connectivity index (χ3v) is 1.89. The molecule has 0 aromatic rings. The third kappa shape index (κ3) is 3.85. The van der Waals surface area contributed by atoms with Crippen molar-refractivity contribution in [3.8, 4) is 0 Å². The van der Waals surface area contributed by atoms with Crippen molar-refractivity contribution in [3.63, 3.8) is 0 Å². The number of nitrogens with one attached hydrogen (secondary N) is 1. The van der Waals surface area contributed by atoms with E-state index >= 15 is 0 Å². The van der Waals surface area contributed by atoms with Crippen LogP contribution in [0.15, 0.2) is 0 Å². The van der Waals surface area contributed by atoms with E-state index in [0.29, 0.717) is 11.5 Å². The van der Waals surface area contributed by atoms with E-state index in [9.17, 15) is 0 Å². The average Bonchev–Trinajstić information content (AvgIpc) is 1.80. The summed E-state index contributed by atoms with van der Waals surface area (Å²) < 4.78 is 0. The van der Waals surface area contributed by atoms with Crippen molar-refractivity contribution in [1.29, 1.82) is 0 Å². The van der Waals surface area contributed by atoms with Crippen LogP contribution < -0.4 is 11.1 Å². The first-order chi connectivity index (χ1) is 4.48. The molecule has 0 aliphatic rings. The molecule has 0 saturated carbocycles. The predicted octanol–water partition coefficient (Wildman–Crippen LogP) is 0.969. The second-order valence-corrected chi connectivity index (χ2v) is 3.83. The van der Waals surface area contributed by atoms with Crippen molar-refractivity contribution in [2.24, 2.45) is 11.1 Å². The molecule has 0 heterocycles. The lowest BCUT2D eigenvalue weighted by molar-refractivity contribution is 0.289. The highest BCUT2D eigenvalue weighted by Crippen LogP contribution is 2.17. The van der Waals surface area contributed by atoms with Gasteiger partial charge in [0.2, 0.25) is 0 Å². The van der Waals surface area contributed by atoms with Crippen LogP contribution in [0.5, 0.6) is 0 Å². The third-order valence-electron chi connectivity index (χ3n) is 1.89. The first-order valence-electron chi connectivity index (χ1n) is 3.92. The van der Waals surface area contributed by atoms with Gasteiger partial charge in [-0.15, -0.1) is 0 Å². The molecule has 2 nitrogen and oxygen atoms in total. The Morgan fingerprint density at radius 2 is 1.90 bits per heavy atom. The van der Waals surface area contributed by atoms with Crippen LogP contribution in [0.2, 0.25) is 0 Å². The Labute approximate surface area is 64.2 Å². The Morgan fingerprint density at radius 3 is 2.20 bits per heavy atom. The van der Waals surface area contributed by atoms with Crippen LogP contribution >= 0.6 is 0 Å². The molecule has 0 fully saturated rings. The van der Waals surface area contributed by atoms with Gasteiger partial charge in [0.1, 0.15) is 0 Å². The molecule has 0 bridgehead atoms. The van der Waals surface area contributed by atoms with E-state index in [4.69, 9.17) is 5.73 Å². The van der Waals surface area contributed by atoms with Crippen LogP contribution in [-0.4, -0.2) is 19.1 Å². The van der Waals surface area contributed by atoms with Crippen LogP contribution in [0.3, 0.4) is 0 Å². The summed E-state index contributed by atoms with van der Waals surface area (Å²) in [4.78, 5) is 0. The number of rotatable bonds is 3. The minimum Gasteiger partial charge on any atom is -0.329 e. The van der Waals surface area contributed by atoms with Gasteiger partial charge >= 0.3 is 0 Å². The van der Waals surface area contributed by atoms with E-state index in [-0.39, 0.29) is 0 Å². The first kappa shape index (κ1) is 9.92. The second kappa shape index (κ2) is 3.94. The molecular weight excluding hydrogens is 124 g/mol. The summed E-state index contributed by atoms with van der Waals surface area (Å²) in [5.74, 6) is 0. The SMILES string of the molecule is CC(NCCN)C(C)(C)C. The van der Waals surface area contributed by atoms with Crippen molar-refractivity contribution in [3.05, 3.63) is 0 Å². The maximum Gasteiger partial charge on any atom is 0.00878 e. The minimum absolute atomic E-state index is 0.342. The summed E-state index contributed by atoms with van der Waals surface area (Å²) in [6.45, 7) is 10.5. The fourth-order valence-corrected chi connectivity index (χ4v) is 0.606. The molecule has 3 N–H and O–H groups in total. The lowest BCUT2D eigenvalue weighted by Crippen LogP contribution is -2.40. The fourth-order valence-electron chi connectivity index (χ4n) is 0.606. The molecule has 0 amide bonds. The Morgan fingerprint density at radius 1 is 1.40 bits per heavy atom. The quantitative estimate of drug-likeness (QED) is 0.619. The van der Waals surface area contributed by atoms with Gasteiger partial charge in [-0.3, -0.25) is 0 Å². The molecule has 0 aromatic heterocycles. The van der Waals surface area contributed by atoms with Crippen molar-refractivity contribution in [2.75, 3.05) is 13.1 Å². The molecule has 0 spiro atoms. The summed E-state index contributed by atoms with van der Waals surface area (Å²) >= 11 is 0. The highest BCUT2D eigenvalue weighted by atomic mass is 14.9. The van der Waals surface area contributed by atoms with Crippen molar-refractivity contribution in [1.82, 2.24) is 5.32 Å². The van der Waals surface area contributed by atoms with E-state index in [1.165, 1.54) is 0 Å². The molecule has 1 unspecified atom stereocenters. The van der Waals surface area contributed by atoms with Crippen LogP contribution in [0.25, 0.3) is 0 Å². The second-order valence-electron chi connectivity index (χ2n) is 3.83. The summed E-state index contributed by atoms with van der Waals surface area (Å²) in [5, 5.41) is 3.35. The number of hydrogen-bond donors (Lipinski definition) is 2. The highest BCUT2D eigenvalue weighted by Gasteiger charge is 2.18. The summed E-state index contributed by atoms with van der Waals surface area (Å²) in [7, 11) is 0. The lowest BCUT2D eigenvalue weighted by Gasteiger charge is -2.27. The molecular formula is C8H20N2. The van der Waals surface area contributed by atoms with E-state index in [0.717, 1.165) is 13.1 Å². The summed E-state index contributed by atoms with van der Waals surface area (Å²) in [5.41, 5.74) is 5.70. The normalized spacial score (nSPS) is 15.3. The van der Waals surface area contributed by atoms with Crippen molar-refractivity contribution < 1.29 is 0 Å². The molecule has 0 saturated heterocycles. The van der Waals surface area contributed by atoms with Crippen molar-refractivity contribution in [2.45, 2.75) is 33.7 Å². The van der Waals surface area contributed by atoms with Gasteiger partial charge in [0.15, 0.2) is 0 Å². The number of nitrogens with two attached hydrogens (primary N) is 1. The maximum absolute atomic E-state index is 5.36. The standard InChI is InChI=1S/C8H20N2/c1-7(8(2,3)4)10-6-5-9/h7,10H,5-6,9H2,1-4H3. The summed E-state index contributed by atoms with van der Waals surface area (Å²) in [6, 6.07) is 0.538. The Balaban J connectivity index is 3.52. The van der Waals surface area contributed by atoms with Gasteiger partial charge in [-0.1, -0.05) is 20.8 Å². The van der Waals surface area contributed by atoms with E-state index < -0.39 is 0 Å². The molecule has 62 valence electrons. The van der Waals surface area contributed by atoms with E-state index in [1.807, 2.05) is 0 Å². The van der Waals surface area contributed by atoms with Crippen LogP contribution in [0.1, 0.15) is 27.7 Å². The van der Waals surface area contributed by atoms with Crippen LogP contribution in [0, 0.1) is 5.41 Å². The Hall–Kier alpha value is -0.0800. The van der Waals surface area contributed by atoms with Gasteiger partial charge in [-0.2, -0.15) is 0 Å². The first-order valence-corrected chi connectivity index (χ1v) is 3.92. The van der Waals surface area contributed by atoms with Gasteiger partial charge < -0.3 is 11.1 Å². The molecule has 1 atom stereocenters. The van der Waals surface area contributed by atoms with E-state index in [1.54, 1.807) is 0 Å². The van der Waals surface area contributed by atoms with Gasteiger partial charge in [0.05, 0.1) is 0 Å². The van der Waals surface area contributed by atoms with Gasteiger partial charge in [0, 0.05) is 19.1 Å². The Bertz CT molecular complexity index is 83.7. The minimum atomic E-state index is 0.342. The topological polar surface area (TPSA) is 38.0 Å². The zero-order valence-corrected chi connectivity index (χ0v) is 7.57. The lowest BCUT2D eigenvalue weighted by atomic mass is 9.88. The monoisotopic (exact) mass is 144 g/mol. The van der Waals surface area contributed by atoms with E-state index in [2.05, 4.69) is 33.0 Å². The van der Waals surface area contributed by atoms with Gasteiger partial charge in [0.25, 0.3) is 0 Å². The molecule has 0 rings (SSSR count). The molecule has 10 heavy (non-hydrogen) atoms. The molecule has 0 aliphatic carbocycles. The van der Waals surface area contributed by atoms with Crippen LogP contribution in [-0.2, 0) is 0 Å². The van der Waals surface area contributed by atoms with Gasteiger partial charge in [-0.05, 0) is 12.3 Å². The fraction of sp³-hybridized carbons (Fsp3) is 1.00. The van der Waals surface area contributed by atoms with Crippen molar-refractivity contribution >= 4 is 0 Å². The smallest absolute Gasteiger partial charge is 0.00878 e. The predicted molar refractivity (Wildman–Crippen MR) is 46.0 cm³/mol. The molecule has 0 aliphatic heterocycles. The molecule has 2 heteroatoms. The van der Waals surface area contributed by atoms with Gasteiger partial charge in [-0.25, -0.2) is 0 Å². The highest BCUT2D eigenvalue weighted by molar-refractivity contribution is 4.75. The Kier molecular flexibility index (Phi) is 3.91. The average molecular weight is 144 g/mol. The zero-order valence-electron chi connectivity index (χ0n) is 7.57. The molecule has 0 radical (unpaired) electrons. The molecule has 0 aromatic carbocycles. The number of hydrogen-bond acceptors (Lipinski definition) is 2. The largest absolute Gasteiger partial charge is 0.329 e.